The minimum absolute atomic E-state index is 0.0551. The molecule has 11 nitrogen and oxygen atoms in total. The number of rotatable bonds is 8. The second kappa shape index (κ2) is 10.3. The molecule has 1 aliphatic heterocycles. The Labute approximate surface area is 182 Å². The monoisotopic (exact) mass is 454 g/mol. The summed E-state index contributed by atoms with van der Waals surface area (Å²) in [4.78, 5) is 24.1. The van der Waals surface area contributed by atoms with Gasteiger partial charge in [-0.25, -0.2) is 4.79 Å². The summed E-state index contributed by atoms with van der Waals surface area (Å²) in [5.41, 5.74) is -0.975. The van der Waals surface area contributed by atoms with Gasteiger partial charge in [-0.2, -0.15) is 0 Å². The molecular weight excluding hydrogens is 428 g/mol. The van der Waals surface area contributed by atoms with Crippen LogP contribution in [-0.4, -0.2) is 70.3 Å². The van der Waals surface area contributed by atoms with Gasteiger partial charge in [0.15, 0.2) is 5.75 Å². The average molecular weight is 454 g/mol. The van der Waals surface area contributed by atoms with Crippen molar-refractivity contribution in [2.45, 2.75) is 57.4 Å². The highest BCUT2D eigenvalue weighted by molar-refractivity contribution is 5.87. The predicted octanol–water partition coefficient (Wildman–Crippen LogP) is 0.0759. The molecule has 176 valence electrons. The number of unbranched alkanes of at least 4 members (excludes halogenated alkanes) is 1. The Morgan fingerprint density at radius 3 is 2.53 bits per heavy atom. The molecule has 1 aromatic heterocycles. The van der Waals surface area contributed by atoms with Crippen molar-refractivity contribution in [1.29, 1.82) is 0 Å². The van der Waals surface area contributed by atoms with Crippen LogP contribution in [0.5, 0.6) is 17.2 Å². The van der Waals surface area contributed by atoms with Crippen molar-refractivity contribution in [2.24, 2.45) is 0 Å². The summed E-state index contributed by atoms with van der Waals surface area (Å²) in [5, 5.41) is 39.8. The lowest BCUT2D eigenvalue weighted by Gasteiger charge is -2.39. The molecule has 0 saturated carbocycles. The molecule has 1 fully saturated rings. The molecule has 1 aromatic carbocycles. The second-order valence-corrected chi connectivity index (χ2v) is 7.32. The Balaban J connectivity index is 2.03. The lowest BCUT2D eigenvalue weighted by atomic mass is 9.99. The van der Waals surface area contributed by atoms with Crippen LogP contribution in [0.4, 0.5) is 0 Å². The van der Waals surface area contributed by atoms with Crippen LogP contribution in [0.25, 0.3) is 11.0 Å². The summed E-state index contributed by atoms with van der Waals surface area (Å²) in [5.74, 6) is -1.25. The lowest BCUT2D eigenvalue weighted by molar-refractivity contribution is -0.277. The number of ether oxygens (including phenoxy) is 4. The van der Waals surface area contributed by atoms with E-state index < -0.39 is 54.7 Å². The van der Waals surface area contributed by atoms with E-state index in [2.05, 4.69) is 0 Å². The van der Waals surface area contributed by atoms with E-state index in [1.165, 1.54) is 12.1 Å². The zero-order valence-electron chi connectivity index (χ0n) is 17.6. The van der Waals surface area contributed by atoms with Crippen LogP contribution in [0.15, 0.2) is 27.4 Å². The molecule has 0 aliphatic carbocycles. The van der Waals surface area contributed by atoms with Crippen molar-refractivity contribution in [2.75, 3.05) is 13.2 Å². The third kappa shape index (κ3) is 5.03. The number of hydrogen-bond acceptors (Lipinski definition) is 11. The van der Waals surface area contributed by atoms with E-state index >= 15 is 0 Å². The van der Waals surface area contributed by atoms with Crippen LogP contribution in [0.2, 0.25) is 0 Å². The third-order valence-corrected chi connectivity index (χ3v) is 4.89. The molecule has 2 heterocycles. The van der Waals surface area contributed by atoms with Gasteiger partial charge in [0.1, 0.15) is 35.7 Å². The normalized spacial score (nSPS) is 25.5. The SMILES string of the molecule is CCCCOc1ccc2c(O[C@H]3O[C@H](CO)[C@@H](O)[C@H](O)[C@@H]3O)c(OC(C)=O)c(=O)oc2c1. The van der Waals surface area contributed by atoms with Gasteiger partial charge < -0.3 is 43.8 Å². The van der Waals surface area contributed by atoms with Crippen molar-refractivity contribution in [3.63, 3.8) is 0 Å². The minimum atomic E-state index is -1.74. The van der Waals surface area contributed by atoms with E-state index in [0.717, 1.165) is 19.8 Å². The molecule has 5 atom stereocenters. The van der Waals surface area contributed by atoms with Gasteiger partial charge in [-0.3, -0.25) is 4.79 Å². The number of benzene rings is 1. The lowest BCUT2D eigenvalue weighted by Crippen LogP contribution is -2.60. The average Bonchev–Trinajstić information content (AvgIpc) is 2.76. The maximum Gasteiger partial charge on any atom is 0.383 e. The summed E-state index contributed by atoms with van der Waals surface area (Å²) in [6.07, 6.45) is -6.11. The number of esters is 1. The van der Waals surface area contributed by atoms with E-state index in [1.807, 2.05) is 6.92 Å². The summed E-state index contributed by atoms with van der Waals surface area (Å²) < 4.78 is 26.8. The summed E-state index contributed by atoms with van der Waals surface area (Å²) >= 11 is 0. The first-order chi connectivity index (χ1) is 15.3. The topological polar surface area (TPSA) is 165 Å². The molecule has 32 heavy (non-hydrogen) atoms. The Hall–Kier alpha value is -2.70. The van der Waals surface area contributed by atoms with Crippen molar-refractivity contribution in [1.82, 2.24) is 0 Å². The predicted molar refractivity (Wildman–Crippen MR) is 109 cm³/mol. The second-order valence-electron chi connectivity index (χ2n) is 7.32. The van der Waals surface area contributed by atoms with E-state index in [4.69, 9.17) is 23.4 Å². The summed E-state index contributed by atoms with van der Waals surface area (Å²) in [7, 11) is 0. The molecule has 0 radical (unpaired) electrons. The van der Waals surface area contributed by atoms with Gasteiger partial charge in [0.25, 0.3) is 5.75 Å². The standard InChI is InChI=1S/C21H26O11/c1-3-4-7-28-11-5-6-12-13(8-11)30-20(27)19(29-10(2)23)18(12)32-21-17(26)16(25)15(24)14(9-22)31-21/h5-6,8,14-17,21-22,24-26H,3-4,7,9H2,1-2H3/t14-,15-,16+,17+,21-/m1/s1. The Bertz CT molecular complexity index is 999. The minimum Gasteiger partial charge on any atom is -0.493 e. The highest BCUT2D eigenvalue weighted by Gasteiger charge is 2.45. The number of carbonyl (C=O) groups excluding carboxylic acids is 1. The van der Waals surface area contributed by atoms with Gasteiger partial charge in [-0.15, -0.1) is 0 Å². The fraction of sp³-hybridized carbons (Fsp3) is 0.524. The van der Waals surface area contributed by atoms with Gasteiger partial charge in [-0.05, 0) is 18.6 Å². The smallest absolute Gasteiger partial charge is 0.383 e. The van der Waals surface area contributed by atoms with Gasteiger partial charge in [0.05, 0.1) is 18.6 Å². The number of hydrogen-bond donors (Lipinski definition) is 4. The highest BCUT2D eigenvalue weighted by atomic mass is 16.7. The van der Waals surface area contributed by atoms with Gasteiger partial charge in [0.2, 0.25) is 6.29 Å². The number of aliphatic hydroxyl groups excluding tert-OH is 4. The number of fused-ring (bicyclic) bond motifs is 1. The fourth-order valence-electron chi connectivity index (χ4n) is 3.19. The number of carbonyl (C=O) groups is 1. The summed E-state index contributed by atoms with van der Waals surface area (Å²) in [6, 6.07) is 4.56. The molecule has 0 bridgehead atoms. The fourth-order valence-corrected chi connectivity index (χ4v) is 3.19. The molecule has 1 saturated heterocycles. The Kier molecular flexibility index (Phi) is 7.69. The van der Waals surface area contributed by atoms with E-state index in [-0.39, 0.29) is 16.7 Å². The summed E-state index contributed by atoms with van der Waals surface area (Å²) in [6.45, 7) is 2.89. The molecule has 2 aromatic rings. The largest absolute Gasteiger partial charge is 0.493 e. The maximum absolute atomic E-state index is 12.5. The van der Waals surface area contributed by atoms with Crippen LogP contribution in [0.3, 0.4) is 0 Å². The van der Waals surface area contributed by atoms with Crippen LogP contribution in [-0.2, 0) is 9.53 Å². The third-order valence-electron chi connectivity index (χ3n) is 4.89. The van der Waals surface area contributed by atoms with Crippen molar-refractivity contribution >= 4 is 16.9 Å². The van der Waals surface area contributed by atoms with Crippen molar-refractivity contribution < 1.29 is 48.6 Å². The van der Waals surface area contributed by atoms with Crippen LogP contribution < -0.4 is 19.8 Å². The molecule has 0 unspecified atom stereocenters. The quantitative estimate of drug-likeness (QED) is 0.242. The van der Waals surface area contributed by atoms with Gasteiger partial charge >= 0.3 is 11.6 Å². The van der Waals surface area contributed by atoms with Crippen LogP contribution in [0, 0.1) is 0 Å². The molecule has 0 amide bonds. The first-order valence-corrected chi connectivity index (χ1v) is 10.2. The van der Waals surface area contributed by atoms with Crippen molar-refractivity contribution in [3.05, 3.63) is 28.6 Å². The first kappa shape index (κ1) is 24.0. The number of aliphatic hydroxyl groups is 4. The highest BCUT2D eigenvalue weighted by Crippen LogP contribution is 2.37. The molecule has 3 rings (SSSR count). The zero-order chi connectivity index (χ0) is 23.4. The van der Waals surface area contributed by atoms with E-state index in [1.54, 1.807) is 6.07 Å². The molecule has 11 heteroatoms. The van der Waals surface area contributed by atoms with Crippen LogP contribution >= 0.6 is 0 Å². The molecule has 1 aliphatic rings. The molecule has 4 N–H and O–H groups in total. The first-order valence-electron chi connectivity index (χ1n) is 10.2. The maximum atomic E-state index is 12.5. The van der Waals surface area contributed by atoms with Crippen molar-refractivity contribution in [3.8, 4) is 17.2 Å². The Morgan fingerprint density at radius 1 is 1.12 bits per heavy atom. The van der Waals surface area contributed by atoms with Crippen LogP contribution in [0.1, 0.15) is 26.7 Å². The van der Waals surface area contributed by atoms with Gasteiger partial charge in [0, 0.05) is 13.0 Å². The molecule has 0 spiro atoms. The molecular formula is C21H26O11. The van der Waals surface area contributed by atoms with E-state index in [9.17, 15) is 30.0 Å². The Morgan fingerprint density at radius 2 is 1.88 bits per heavy atom. The van der Waals surface area contributed by atoms with Gasteiger partial charge in [-0.1, -0.05) is 13.3 Å². The zero-order valence-corrected chi connectivity index (χ0v) is 17.6. The van der Waals surface area contributed by atoms with E-state index in [0.29, 0.717) is 12.4 Å².